The van der Waals surface area contributed by atoms with Crippen LogP contribution >= 0.6 is 0 Å². The molecule has 0 saturated carbocycles. The topological polar surface area (TPSA) is 67.8 Å². The van der Waals surface area contributed by atoms with E-state index in [1.165, 1.54) is 0 Å². The van der Waals surface area contributed by atoms with Gasteiger partial charge in [0.2, 0.25) is 5.95 Å². The SMILES string of the molecule is CN(Cc1ccccc1)C(=O)c1ccnc(N2CCC3(CC2)OCCO3)n1. The molecule has 0 bridgehead atoms. The van der Waals surface area contributed by atoms with Gasteiger partial charge in [-0.05, 0) is 11.6 Å². The number of carbonyl (C=O) groups is 1. The van der Waals surface area contributed by atoms with E-state index in [0.29, 0.717) is 31.4 Å². The second-order valence-corrected chi connectivity index (χ2v) is 6.98. The Morgan fingerprint density at radius 3 is 2.56 bits per heavy atom. The molecule has 0 unspecified atom stereocenters. The number of nitrogens with zero attached hydrogens (tertiary/aromatic N) is 4. The number of rotatable bonds is 4. The Balaban J connectivity index is 1.42. The number of anilines is 1. The molecule has 27 heavy (non-hydrogen) atoms. The number of amides is 1. The molecule has 2 fully saturated rings. The van der Waals surface area contributed by atoms with Crippen LogP contribution in [0, 0.1) is 0 Å². The quantitative estimate of drug-likeness (QED) is 0.823. The number of carbonyl (C=O) groups excluding carboxylic acids is 1. The summed E-state index contributed by atoms with van der Waals surface area (Å²) in [5.74, 6) is 0.0417. The van der Waals surface area contributed by atoms with Crippen LogP contribution in [0.4, 0.5) is 5.95 Å². The lowest BCUT2D eigenvalue weighted by molar-refractivity contribution is -0.169. The van der Waals surface area contributed by atoms with Crippen molar-refractivity contribution >= 4 is 11.9 Å². The molecule has 2 aliphatic rings. The van der Waals surface area contributed by atoms with E-state index in [-0.39, 0.29) is 5.91 Å². The van der Waals surface area contributed by atoms with E-state index >= 15 is 0 Å². The van der Waals surface area contributed by atoms with Gasteiger partial charge >= 0.3 is 0 Å². The second kappa shape index (κ2) is 7.62. The molecule has 0 aliphatic carbocycles. The molecule has 1 amide bonds. The Labute approximate surface area is 158 Å². The first-order chi connectivity index (χ1) is 13.2. The fourth-order valence-electron chi connectivity index (χ4n) is 3.58. The van der Waals surface area contributed by atoms with Crippen molar-refractivity contribution in [2.45, 2.75) is 25.2 Å². The summed E-state index contributed by atoms with van der Waals surface area (Å²) in [5.41, 5.74) is 1.49. The van der Waals surface area contributed by atoms with E-state index in [4.69, 9.17) is 9.47 Å². The predicted octanol–water partition coefficient (Wildman–Crippen LogP) is 2.09. The minimum absolute atomic E-state index is 0.113. The second-order valence-electron chi connectivity index (χ2n) is 6.98. The van der Waals surface area contributed by atoms with Gasteiger partial charge in [0.1, 0.15) is 5.69 Å². The van der Waals surface area contributed by atoms with Crippen molar-refractivity contribution in [3.8, 4) is 0 Å². The maximum Gasteiger partial charge on any atom is 0.272 e. The minimum atomic E-state index is -0.431. The Hall–Kier alpha value is -2.51. The third kappa shape index (κ3) is 3.94. The van der Waals surface area contributed by atoms with Crippen molar-refractivity contribution in [1.82, 2.24) is 14.9 Å². The molecule has 0 radical (unpaired) electrons. The zero-order chi connectivity index (χ0) is 18.7. The van der Waals surface area contributed by atoms with Crippen molar-refractivity contribution in [2.75, 3.05) is 38.3 Å². The molecule has 1 spiro atoms. The molecule has 3 heterocycles. The van der Waals surface area contributed by atoms with E-state index in [0.717, 1.165) is 31.5 Å². The normalized spacial score (nSPS) is 18.6. The monoisotopic (exact) mass is 368 g/mol. The third-order valence-corrected chi connectivity index (χ3v) is 5.09. The fraction of sp³-hybridized carbons (Fsp3) is 0.450. The first kappa shape index (κ1) is 17.9. The van der Waals surface area contributed by atoms with Gasteiger partial charge in [0.15, 0.2) is 5.79 Å². The molecular formula is C20H24N4O3. The third-order valence-electron chi connectivity index (χ3n) is 5.09. The average molecular weight is 368 g/mol. The number of piperidine rings is 1. The molecule has 1 aromatic heterocycles. The van der Waals surface area contributed by atoms with Gasteiger partial charge in [-0.3, -0.25) is 4.79 Å². The standard InChI is InChI=1S/C20H24N4O3/c1-23(15-16-5-3-2-4-6-16)18(25)17-7-10-21-19(22-17)24-11-8-20(9-12-24)26-13-14-27-20/h2-7,10H,8-9,11-15H2,1H3. The van der Waals surface area contributed by atoms with Crippen LogP contribution in [-0.2, 0) is 16.0 Å². The largest absolute Gasteiger partial charge is 0.347 e. The van der Waals surface area contributed by atoms with Crippen molar-refractivity contribution < 1.29 is 14.3 Å². The Kier molecular flexibility index (Phi) is 5.05. The summed E-state index contributed by atoms with van der Waals surface area (Å²) in [5, 5.41) is 0. The molecular weight excluding hydrogens is 344 g/mol. The molecule has 1 aromatic carbocycles. The Morgan fingerprint density at radius 1 is 1.15 bits per heavy atom. The van der Waals surface area contributed by atoms with Gasteiger partial charge in [-0.25, -0.2) is 9.97 Å². The van der Waals surface area contributed by atoms with Gasteiger partial charge in [0.05, 0.1) is 13.2 Å². The van der Waals surface area contributed by atoms with E-state index < -0.39 is 5.79 Å². The molecule has 7 heteroatoms. The Bertz CT molecular complexity index is 783. The van der Waals surface area contributed by atoms with Crippen molar-refractivity contribution in [3.63, 3.8) is 0 Å². The zero-order valence-corrected chi connectivity index (χ0v) is 15.5. The van der Waals surface area contributed by atoms with Crippen LogP contribution in [0.5, 0.6) is 0 Å². The average Bonchev–Trinajstić information content (AvgIpc) is 3.17. The van der Waals surface area contributed by atoms with Gasteiger partial charge in [-0.15, -0.1) is 0 Å². The molecule has 0 atom stereocenters. The highest BCUT2D eigenvalue weighted by Crippen LogP contribution is 2.32. The van der Waals surface area contributed by atoms with Crippen LogP contribution in [0.25, 0.3) is 0 Å². The molecule has 142 valence electrons. The van der Waals surface area contributed by atoms with E-state index in [1.807, 2.05) is 30.3 Å². The van der Waals surface area contributed by atoms with Crippen LogP contribution in [0.2, 0.25) is 0 Å². The lowest BCUT2D eigenvalue weighted by Crippen LogP contribution is -2.45. The number of hydrogen-bond acceptors (Lipinski definition) is 6. The number of aromatic nitrogens is 2. The molecule has 0 N–H and O–H groups in total. The summed E-state index contributed by atoms with van der Waals surface area (Å²) in [4.78, 5) is 25.4. The van der Waals surface area contributed by atoms with Crippen molar-refractivity contribution in [2.24, 2.45) is 0 Å². The molecule has 4 rings (SSSR count). The maximum atomic E-state index is 12.8. The van der Waals surface area contributed by atoms with E-state index in [9.17, 15) is 4.79 Å². The van der Waals surface area contributed by atoms with E-state index in [2.05, 4.69) is 14.9 Å². The molecule has 2 aliphatic heterocycles. The minimum Gasteiger partial charge on any atom is -0.347 e. The molecule has 7 nitrogen and oxygen atoms in total. The highest BCUT2D eigenvalue weighted by atomic mass is 16.7. The van der Waals surface area contributed by atoms with Crippen molar-refractivity contribution in [1.29, 1.82) is 0 Å². The summed E-state index contributed by atoms with van der Waals surface area (Å²) in [6, 6.07) is 11.6. The van der Waals surface area contributed by atoms with Crippen LogP contribution in [0.3, 0.4) is 0 Å². The highest BCUT2D eigenvalue weighted by Gasteiger charge is 2.40. The van der Waals surface area contributed by atoms with Crippen molar-refractivity contribution in [3.05, 3.63) is 53.9 Å². The van der Waals surface area contributed by atoms with Gasteiger partial charge < -0.3 is 19.3 Å². The number of hydrogen-bond donors (Lipinski definition) is 0. The predicted molar refractivity (Wildman–Crippen MR) is 100 cm³/mol. The highest BCUT2D eigenvalue weighted by molar-refractivity contribution is 5.92. The van der Waals surface area contributed by atoms with E-state index in [1.54, 1.807) is 24.2 Å². The zero-order valence-electron chi connectivity index (χ0n) is 15.5. The Morgan fingerprint density at radius 2 is 1.85 bits per heavy atom. The lowest BCUT2D eigenvalue weighted by atomic mass is 10.0. The molecule has 2 saturated heterocycles. The van der Waals surface area contributed by atoms with Crippen LogP contribution in [0.15, 0.2) is 42.6 Å². The first-order valence-corrected chi connectivity index (χ1v) is 9.31. The van der Waals surface area contributed by atoms with Crippen LogP contribution in [-0.4, -0.2) is 59.9 Å². The lowest BCUT2D eigenvalue weighted by Gasteiger charge is -2.37. The first-order valence-electron chi connectivity index (χ1n) is 9.31. The summed E-state index contributed by atoms with van der Waals surface area (Å²) < 4.78 is 11.5. The summed E-state index contributed by atoms with van der Waals surface area (Å²) >= 11 is 0. The van der Waals surface area contributed by atoms with Crippen LogP contribution in [0.1, 0.15) is 28.9 Å². The smallest absolute Gasteiger partial charge is 0.272 e. The molecule has 2 aromatic rings. The van der Waals surface area contributed by atoms with Gasteiger partial charge in [-0.2, -0.15) is 0 Å². The van der Waals surface area contributed by atoms with Gasteiger partial charge in [0, 0.05) is 45.7 Å². The maximum absolute atomic E-state index is 12.8. The number of ether oxygens (including phenoxy) is 2. The van der Waals surface area contributed by atoms with Gasteiger partial charge in [0.25, 0.3) is 5.91 Å². The van der Waals surface area contributed by atoms with Gasteiger partial charge in [-0.1, -0.05) is 30.3 Å². The van der Waals surface area contributed by atoms with Crippen LogP contribution < -0.4 is 4.90 Å². The number of benzene rings is 1. The summed E-state index contributed by atoms with van der Waals surface area (Å²) in [6.45, 7) is 3.36. The summed E-state index contributed by atoms with van der Waals surface area (Å²) in [7, 11) is 1.79. The summed E-state index contributed by atoms with van der Waals surface area (Å²) in [6.07, 6.45) is 3.21. The fourth-order valence-corrected chi connectivity index (χ4v) is 3.58.